The zero-order chi connectivity index (χ0) is 13.5. The number of carboxylic acid groups (broad SMARTS) is 1. The highest BCUT2D eigenvalue weighted by molar-refractivity contribution is 6.30. The molecular formula is C13H14ClN3O2. The normalized spacial score (nSPS) is 20.9. The molecular weight excluding hydrogens is 266 g/mol. The van der Waals surface area contributed by atoms with Crippen LogP contribution < -0.4 is 0 Å². The van der Waals surface area contributed by atoms with Gasteiger partial charge < -0.3 is 10.0 Å². The van der Waals surface area contributed by atoms with Crippen molar-refractivity contribution in [1.82, 2.24) is 14.9 Å². The summed E-state index contributed by atoms with van der Waals surface area (Å²) in [6, 6.07) is 0. The van der Waals surface area contributed by atoms with E-state index < -0.39 is 6.09 Å². The summed E-state index contributed by atoms with van der Waals surface area (Å²) in [5.74, 6) is 0.732. The average molecular weight is 280 g/mol. The van der Waals surface area contributed by atoms with Crippen molar-refractivity contribution in [2.45, 2.75) is 19.3 Å². The Morgan fingerprint density at radius 3 is 2.42 bits per heavy atom. The molecule has 19 heavy (non-hydrogen) atoms. The van der Waals surface area contributed by atoms with E-state index >= 15 is 0 Å². The molecule has 1 aromatic rings. The Labute approximate surface area is 115 Å². The molecule has 1 aliphatic heterocycles. The van der Waals surface area contributed by atoms with Crippen LogP contribution >= 0.6 is 11.6 Å². The van der Waals surface area contributed by atoms with E-state index in [9.17, 15) is 4.79 Å². The SMILES string of the molecule is O=C(O)N1CCC2(C=C(c3ncc(Cl)cn3)C2)CC1. The zero-order valence-electron chi connectivity index (χ0n) is 10.3. The molecule has 1 aromatic heterocycles. The van der Waals surface area contributed by atoms with Gasteiger partial charge in [0, 0.05) is 25.5 Å². The van der Waals surface area contributed by atoms with Gasteiger partial charge in [-0.2, -0.15) is 0 Å². The topological polar surface area (TPSA) is 66.3 Å². The van der Waals surface area contributed by atoms with E-state index in [1.54, 1.807) is 12.4 Å². The molecule has 2 aliphatic rings. The number of rotatable bonds is 1. The second-order valence-corrected chi connectivity index (χ2v) is 5.64. The number of piperidine rings is 1. The van der Waals surface area contributed by atoms with Crippen LogP contribution in [0.5, 0.6) is 0 Å². The number of hydrogen-bond donors (Lipinski definition) is 1. The van der Waals surface area contributed by atoms with Gasteiger partial charge >= 0.3 is 6.09 Å². The van der Waals surface area contributed by atoms with Gasteiger partial charge in [-0.05, 0) is 30.3 Å². The Balaban J connectivity index is 1.68. The Hall–Kier alpha value is -1.62. The first-order chi connectivity index (χ1) is 9.08. The van der Waals surface area contributed by atoms with Gasteiger partial charge in [-0.25, -0.2) is 14.8 Å². The van der Waals surface area contributed by atoms with Crippen LogP contribution in [0.1, 0.15) is 25.1 Å². The highest BCUT2D eigenvalue weighted by Crippen LogP contribution is 2.49. The fourth-order valence-corrected chi connectivity index (χ4v) is 2.90. The smallest absolute Gasteiger partial charge is 0.407 e. The van der Waals surface area contributed by atoms with Crippen molar-refractivity contribution >= 4 is 23.3 Å². The molecule has 100 valence electrons. The first kappa shape index (κ1) is 12.4. The van der Waals surface area contributed by atoms with Gasteiger partial charge in [0.2, 0.25) is 0 Å². The quantitative estimate of drug-likeness (QED) is 0.858. The number of carbonyl (C=O) groups is 1. The first-order valence-electron chi connectivity index (χ1n) is 6.26. The lowest BCUT2D eigenvalue weighted by Gasteiger charge is -2.45. The van der Waals surface area contributed by atoms with Gasteiger partial charge in [0.15, 0.2) is 5.82 Å². The summed E-state index contributed by atoms with van der Waals surface area (Å²) in [6.07, 6.45) is 7.29. The molecule has 0 unspecified atom stereocenters. The standard InChI is InChI=1S/C13H14ClN3O2/c14-10-7-15-11(16-8-10)9-5-13(6-9)1-3-17(4-2-13)12(18)19/h5,7-8H,1-4,6H2,(H,18,19). The lowest BCUT2D eigenvalue weighted by Crippen LogP contribution is -2.44. The van der Waals surface area contributed by atoms with E-state index in [4.69, 9.17) is 16.7 Å². The van der Waals surface area contributed by atoms with Crippen molar-refractivity contribution < 1.29 is 9.90 Å². The van der Waals surface area contributed by atoms with Crippen LogP contribution in [0.2, 0.25) is 5.02 Å². The van der Waals surface area contributed by atoms with Crippen LogP contribution in [0.15, 0.2) is 18.5 Å². The fourth-order valence-electron chi connectivity index (χ4n) is 2.81. The molecule has 6 heteroatoms. The largest absolute Gasteiger partial charge is 0.465 e. The molecule has 5 nitrogen and oxygen atoms in total. The van der Waals surface area contributed by atoms with E-state index in [1.165, 1.54) is 4.90 Å². The summed E-state index contributed by atoms with van der Waals surface area (Å²) in [4.78, 5) is 20.8. The van der Waals surface area contributed by atoms with Crippen molar-refractivity contribution in [2.75, 3.05) is 13.1 Å². The molecule has 1 amide bonds. The Bertz CT molecular complexity index is 533. The van der Waals surface area contributed by atoms with E-state index in [0.717, 1.165) is 30.7 Å². The molecule has 0 atom stereocenters. The molecule has 3 rings (SSSR count). The van der Waals surface area contributed by atoms with E-state index in [-0.39, 0.29) is 5.41 Å². The number of amides is 1. The number of likely N-dealkylation sites (tertiary alicyclic amines) is 1. The van der Waals surface area contributed by atoms with Gasteiger partial charge in [0.25, 0.3) is 0 Å². The monoisotopic (exact) mass is 279 g/mol. The average Bonchev–Trinajstić information content (AvgIpc) is 2.37. The zero-order valence-corrected chi connectivity index (χ0v) is 11.1. The van der Waals surface area contributed by atoms with Crippen LogP contribution in [0.25, 0.3) is 5.57 Å². The predicted molar refractivity (Wildman–Crippen MR) is 70.9 cm³/mol. The highest BCUT2D eigenvalue weighted by Gasteiger charge is 2.41. The lowest BCUT2D eigenvalue weighted by atomic mass is 9.65. The highest BCUT2D eigenvalue weighted by atomic mass is 35.5. The third-order valence-corrected chi connectivity index (χ3v) is 4.16. The van der Waals surface area contributed by atoms with E-state index in [0.29, 0.717) is 18.1 Å². The summed E-state index contributed by atoms with van der Waals surface area (Å²) in [7, 11) is 0. The molecule has 0 bridgehead atoms. The van der Waals surface area contributed by atoms with Crippen molar-refractivity contribution in [3.05, 3.63) is 29.3 Å². The molecule has 0 saturated carbocycles. The van der Waals surface area contributed by atoms with Crippen LogP contribution in [0, 0.1) is 5.41 Å². The van der Waals surface area contributed by atoms with Crippen molar-refractivity contribution in [3.8, 4) is 0 Å². The van der Waals surface area contributed by atoms with E-state index in [2.05, 4.69) is 16.0 Å². The molecule has 1 saturated heterocycles. The number of hydrogen-bond acceptors (Lipinski definition) is 3. The summed E-state index contributed by atoms with van der Waals surface area (Å²) >= 11 is 5.76. The van der Waals surface area contributed by atoms with Crippen LogP contribution in [0.4, 0.5) is 4.79 Å². The van der Waals surface area contributed by atoms with Gasteiger partial charge in [0.05, 0.1) is 5.02 Å². The van der Waals surface area contributed by atoms with E-state index in [1.807, 2.05) is 0 Å². The minimum Gasteiger partial charge on any atom is -0.465 e. The van der Waals surface area contributed by atoms with Crippen LogP contribution in [0.3, 0.4) is 0 Å². The third kappa shape index (κ3) is 2.30. The minimum atomic E-state index is -0.820. The molecule has 2 heterocycles. The Morgan fingerprint density at radius 1 is 1.32 bits per heavy atom. The van der Waals surface area contributed by atoms with Crippen LogP contribution in [-0.2, 0) is 0 Å². The van der Waals surface area contributed by atoms with Crippen molar-refractivity contribution in [2.24, 2.45) is 5.41 Å². The molecule has 0 aromatic carbocycles. The maximum absolute atomic E-state index is 10.9. The maximum atomic E-state index is 10.9. The molecule has 1 fully saturated rings. The minimum absolute atomic E-state index is 0.157. The predicted octanol–water partition coefficient (Wildman–Crippen LogP) is 2.68. The number of halogens is 1. The third-order valence-electron chi connectivity index (χ3n) is 3.96. The Morgan fingerprint density at radius 2 is 1.89 bits per heavy atom. The lowest BCUT2D eigenvalue weighted by molar-refractivity contribution is 0.105. The summed E-state index contributed by atoms with van der Waals surface area (Å²) < 4.78 is 0. The molecule has 1 N–H and O–H groups in total. The maximum Gasteiger partial charge on any atom is 0.407 e. The molecule has 1 aliphatic carbocycles. The van der Waals surface area contributed by atoms with Gasteiger partial charge in [-0.1, -0.05) is 17.7 Å². The second-order valence-electron chi connectivity index (χ2n) is 5.20. The number of aromatic nitrogens is 2. The van der Waals surface area contributed by atoms with Gasteiger partial charge in [-0.3, -0.25) is 0 Å². The van der Waals surface area contributed by atoms with Crippen LogP contribution in [-0.4, -0.2) is 39.2 Å². The number of allylic oxidation sites excluding steroid dienone is 2. The summed E-state index contributed by atoms with van der Waals surface area (Å²) in [5, 5.41) is 9.47. The second kappa shape index (κ2) is 4.49. The first-order valence-corrected chi connectivity index (χ1v) is 6.63. The van der Waals surface area contributed by atoms with Gasteiger partial charge in [-0.15, -0.1) is 0 Å². The summed E-state index contributed by atoms with van der Waals surface area (Å²) in [6.45, 7) is 1.22. The fraction of sp³-hybridized carbons (Fsp3) is 0.462. The van der Waals surface area contributed by atoms with Crippen molar-refractivity contribution in [1.29, 1.82) is 0 Å². The summed E-state index contributed by atoms with van der Waals surface area (Å²) in [5.41, 5.74) is 1.30. The number of nitrogens with zero attached hydrogens (tertiary/aromatic N) is 3. The molecule has 0 radical (unpaired) electrons. The van der Waals surface area contributed by atoms with Crippen molar-refractivity contribution in [3.63, 3.8) is 0 Å². The molecule has 1 spiro atoms. The Kier molecular flexibility index (Phi) is 2.93. The van der Waals surface area contributed by atoms with Gasteiger partial charge in [0.1, 0.15) is 0 Å².